The number of unbranched alkanes of at least 4 members (excludes halogenated alkanes) is 4. The van der Waals surface area contributed by atoms with Gasteiger partial charge in [-0.25, -0.2) is 0 Å². The van der Waals surface area contributed by atoms with Gasteiger partial charge in [0.2, 0.25) is 0 Å². The lowest BCUT2D eigenvalue weighted by atomic mass is 9.88. The van der Waals surface area contributed by atoms with Crippen molar-refractivity contribution in [3.05, 3.63) is 101 Å². The van der Waals surface area contributed by atoms with Gasteiger partial charge in [0.15, 0.2) is 5.78 Å². The predicted molar refractivity (Wildman–Crippen MR) is 165 cm³/mol. The topological polar surface area (TPSA) is 123 Å². The van der Waals surface area contributed by atoms with E-state index in [0.717, 1.165) is 59.7 Å². The van der Waals surface area contributed by atoms with E-state index in [0.29, 0.717) is 52.9 Å². The van der Waals surface area contributed by atoms with Gasteiger partial charge >= 0.3 is 0 Å². The van der Waals surface area contributed by atoms with Crippen LogP contribution in [0.1, 0.15) is 60.9 Å². The van der Waals surface area contributed by atoms with Crippen molar-refractivity contribution >= 4 is 33.9 Å². The summed E-state index contributed by atoms with van der Waals surface area (Å²) in [6.45, 7) is 0. The van der Waals surface area contributed by atoms with Crippen LogP contribution in [-0.4, -0.2) is 11.6 Å². The largest absolute Gasteiger partial charge is 0.456 e. The predicted octanol–water partition coefficient (Wildman–Crippen LogP) is 7.57. The first-order valence-corrected chi connectivity index (χ1v) is 14.2. The van der Waals surface area contributed by atoms with Crippen molar-refractivity contribution in [2.24, 2.45) is 0 Å². The van der Waals surface area contributed by atoms with Gasteiger partial charge in [-0.3, -0.25) is 9.59 Å². The monoisotopic (exact) mass is 545 g/mol. The molecule has 5 N–H and O–H groups in total. The lowest BCUT2D eigenvalue weighted by Gasteiger charge is -2.17. The first-order chi connectivity index (χ1) is 19.9. The third-order valence-corrected chi connectivity index (χ3v) is 7.54. The summed E-state index contributed by atoms with van der Waals surface area (Å²) in [5, 5.41) is 9.29. The maximum absolute atomic E-state index is 13.5. The van der Waals surface area contributed by atoms with E-state index in [4.69, 9.17) is 21.3 Å². The number of ketones is 2. The molecule has 3 aromatic rings. The summed E-state index contributed by atoms with van der Waals surface area (Å²) in [6, 6.07) is 26.1. The zero-order valence-electron chi connectivity index (χ0n) is 23.1. The van der Waals surface area contributed by atoms with Gasteiger partial charge in [0.1, 0.15) is 17.1 Å². The number of Topliss-reactive ketones (excluding diaryl/α,β-unsaturated/α-hetero) is 2. The molecule has 3 aromatic carbocycles. The smallest absolute Gasteiger partial charge is 0.163 e. The molecule has 5 rings (SSSR count). The molecular formula is C35H35N3O3. The SMILES string of the molecule is N=c1ccc2c(-c3ccccc3C(=O)CCCCCCCC(=O)Cc3ccccc3N)c3ccc(N)cc3oc-2c1. The Hall–Kier alpha value is -4.71. The average Bonchev–Trinajstić information content (AvgIpc) is 2.96. The number of carbonyl (C=O) groups is 2. The molecule has 0 bridgehead atoms. The summed E-state index contributed by atoms with van der Waals surface area (Å²) in [5.74, 6) is 0.898. The quantitative estimate of drug-likeness (QED) is 0.0645. The summed E-state index contributed by atoms with van der Waals surface area (Å²) in [7, 11) is 0. The molecule has 0 amide bonds. The average molecular weight is 546 g/mol. The Bertz CT molecular complexity index is 1740. The van der Waals surface area contributed by atoms with Gasteiger partial charge in [-0.15, -0.1) is 0 Å². The van der Waals surface area contributed by atoms with Crippen LogP contribution in [-0.2, 0) is 11.2 Å². The second-order valence-electron chi connectivity index (χ2n) is 10.6. The van der Waals surface area contributed by atoms with E-state index in [1.165, 1.54) is 0 Å². The Morgan fingerprint density at radius 2 is 1.46 bits per heavy atom. The fourth-order valence-corrected chi connectivity index (χ4v) is 5.41. The van der Waals surface area contributed by atoms with E-state index in [1.54, 1.807) is 18.2 Å². The Morgan fingerprint density at radius 3 is 2.29 bits per heavy atom. The van der Waals surface area contributed by atoms with Crippen LogP contribution < -0.4 is 16.8 Å². The molecule has 2 aliphatic rings. The molecule has 0 atom stereocenters. The fourth-order valence-electron chi connectivity index (χ4n) is 5.41. The summed E-state index contributed by atoms with van der Waals surface area (Å²) < 4.78 is 6.12. The molecule has 1 heterocycles. The fraction of sp³-hybridized carbons (Fsp3) is 0.229. The number of benzene rings is 4. The third kappa shape index (κ3) is 6.55. The highest BCUT2D eigenvalue weighted by molar-refractivity contribution is 6.09. The van der Waals surface area contributed by atoms with Crippen LogP contribution >= 0.6 is 0 Å². The van der Waals surface area contributed by atoms with E-state index in [1.807, 2.05) is 66.7 Å². The first kappa shape index (κ1) is 27.8. The van der Waals surface area contributed by atoms with Crippen molar-refractivity contribution in [3.63, 3.8) is 0 Å². The Kier molecular flexibility index (Phi) is 8.59. The molecule has 208 valence electrons. The molecule has 0 saturated carbocycles. The number of hydrogen-bond acceptors (Lipinski definition) is 6. The van der Waals surface area contributed by atoms with Crippen LogP contribution in [0.25, 0.3) is 33.4 Å². The van der Waals surface area contributed by atoms with Crippen LogP contribution in [0.3, 0.4) is 0 Å². The second-order valence-corrected chi connectivity index (χ2v) is 10.6. The number of anilines is 2. The van der Waals surface area contributed by atoms with E-state index in [2.05, 4.69) is 0 Å². The van der Waals surface area contributed by atoms with E-state index in [-0.39, 0.29) is 11.6 Å². The zero-order chi connectivity index (χ0) is 28.8. The standard InChI is InChI=1S/C35H35N3O3/c36-24-16-18-29-33(21-24)41-34-22-25(37)17-19-30(34)35(29)28-13-8-7-12-27(28)32(40)15-5-3-1-2-4-11-26(39)20-23-10-6-9-14-31(23)38/h6-10,12-14,16-19,21-22,36H,1-5,11,15,20,37-38H2. The number of nitrogens with one attached hydrogen (secondary N) is 1. The molecular weight excluding hydrogens is 510 g/mol. The van der Waals surface area contributed by atoms with Gasteiger partial charge in [0.05, 0.1) is 5.36 Å². The highest BCUT2D eigenvalue weighted by atomic mass is 16.3. The van der Waals surface area contributed by atoms with Gasteiger partial charge in [0, 0.05) is 64.8 Å². The lowest BCUT2D eigenvalue weighted by molar-refractivity contribution is -0.118. The van der Waals surface area contributed by atoms with Gasteiger partial charge in [-0.1, -0.05) is 61.7 Å². The Labute approximate surface area is 239 Å². The zero-order valence-corrected chi connectivity index (χ0v) is 23.1. The van der Waals surface area contributed by atoms with Gasteiger partial charge < -0.3 is 21.3 Å². The van der Waals surface area contributed by atoms with Crippen molar-refractivity contribution < 1.29 is 14.0 Å². The van der Waals surface area contributed by atoms with E-state index < -0.39 is 0 Å². The number of carbonyl (C=O) groups excluding carboxylic acids is 2. The highest BCUT2D eigenvalue weighted by Gasteiger charge is 2.21. The first-order valence-electron chi connectivity index (χ1n) is 14.2. The number of nitrogens with two attached hydrogens (primary N) is 2. The molecule has 0 aromatic heterocycles. The molecule has 0 saturated heterocycles. The van der Waals surface area contributed by atoms with Crippen molar-refractivity contribution in [2.75, 3.05) is 11.5 Å². The van der Waals surface area contributed by atoms with Gasteiger partial charge in [-0.2, -0.15) is 0 Å². The van der Waals surface area contributed by atoms with Crippen LogP contribution in [0.15, 0.2) is 89.3 Å². The minimum atomic E-state index is 0.103. The van der Waals surface area contributed by atoms with E-state index in [9.17, 15) is 9.59 Å². The molecule has 0 unspecified atom stereocenters. The molecule has 1 aliphatic carbocycles. The van der Waals surface area contributed by atoms with Crippen LogP contribution in [0, 0.1) is 5.41 Å². The minimum Gasteiger partial charge on any atom is -0.456 e. The van der Waals surface area contributed by atoms with Crippen LogP contribution in [0.5, 0.6) is 0 Å². The lowest BCUT2D eigenvalue weighted by Crippen LogP contribution is -2.05. The van der Waals surface area contributed by atoms with Crippen molar-refractivity contribution in [1.29, 1.82) is 5.41 Å². The van der Waals surface area contributed by atoms with Crippen molar-refractivity contribution in [1.82, 2.24) is 0 Å². The van der Waals surface area contributed by atoms with Crippen molar-refractivity contribution in [3.8, 4) is 22.5 Å². The molecule has 0 radical (unpaired) electrons. The maximum Gasteiger partial charge on any atom is 0.163 e. The molecule has 6 nitrogen and oxygen atoms in total. The summed E-state index contributed by atoms with van der Waals surface area (Å²) >= 11 is 0. The molecule has 41 heavy (non-hydrogen) atoms. The number of para-hydroxylation sites is 1. The molecule has 1 aliphatic heterocycles. The highest BCUT2D eigenvalue weighted by Crippen LogP contribution is 2.41. The normalized spacial score (nSPS) is 11.2. The summed E-state index contributed by atoms with van der Waals surface area (Å²) in [6.07, 6.45) is 5.95. The third-order valence-electron chi connectivity index (χ3n) is 7.54. The summed E-state index contributed by atoms with van der Waals surface area (Å²) in [5.41, 5.74) is 18.1. The van der Waals surface area contributed by atoms with Crippen molar-refractivity contribution in [2.45, 2.75) is 51.4 Å². The number of hydrogen-bond donors (Lipinski definition) is 3. The van der Waals surface area contributed by atoms with Gasteiger partial charge in [0.25, 0.3) is 0 Å². The molecule has 0 spiro atoms. The Morgan fingerprint density at radius 1 is 0.732 bits per heavy atom. The molecule has 0 fully saturated rings. The van der Waals surface area contributed by atoms with Crippen LogP contribution in [0.2, 0.25) is 0 Å². The number of rotatable bonds is 12. The number of fused-ring (bicyclic) bond motifs is 2. The Balaban J connectivity index is 1.22. The second kappa shape index (κ2) is 12.6. The summed E-state index contributed by atoms with van der Waals surface area (Å²) in [4.78, 5) is 25.8. The number of nitrogen functional groups attached to an aromatic ring is 2. The van der Waals surface area contributed by atoms with Crippen LogP contribution in [0.4, 0.5) is 11.4 Å². The minimum absolute atomic E-state index is 0.103. The maximum atomic E-state index is 13.5. The molecule has 6 heteroatoms. The van der Waals surface area contributed by atoms with Gasteiger partial charge in [-0.05, 0) is 54.3 Å². The van der Waals surface area contributed by atoms with E-state index >= 15 is 0 Å².